The summed E-state index contributed by atoms with van der Waals surface area (Å²) in [6, 6.07) is 9.23. The van der Waals surface area contributed by atoms with Gasteiger partial charge in [0.05, 0.1) is 35.2 Å². The van der Waals surface area contributed by atoms with E-state index in [0.29, 0.717) is 52.6 Å². The lowest BCUT2D eigenvalue weighted by atomic mass is 9.86. The van der Waals surface area contributed by atoms with E-state index in [4.69, 9.17) is 19.2 Å². The third-order valence-electron chi connectivity index (χ3n) is 7.29. The van der Waals surface area contributed by atoms with Crippen LogP contribution < -0.4 is 19.7 Å². The largest absolute Gasteiger partial charge is 0.458 e. The summed E-state index contributed by atoms with van der Waals surface area (Å²) in [6.07, 6.45) is 3.68. The Morgan fingerprint density at radius 1 is 1.11 bits per heavy atom. The molecule has 0 saturated heterocycles. The predicted octanol–water partition coefficient (Wildman–Crippen LogP) is 1.54. The van der Waals surface area contributed by atoms with E-state index < -0.39 is 11.6 Å². The number of fused-ring (bicyclic) bond motifs is 6. The number of aromatic nitrogens is 4. The van der Waals surface area contributed by atoms with Gasteiger partial charge in [-0.25, -0.2) is 9.78 Å². The molecule has 0 spiro atoms. The monoisotopic (exact) mass is 485 g/mol. The second-order valence-electron chi connectivity index (χ2n) is 9.14. The molecule has 1 aromatic carbocycles. The van der Waals surface area contributed by atoms with E-state index >= 15 is 0 Å². The van der Waals surface area contributed by atoms with Crippen LogP contribution in [0.25, 0.3) is 22.3 Å². The van der Waals surface area contributed by atoms with Crippen LogP contribution >= 0.6 is 0 Å². The predicted molar refractivity (Wildman–Crippen MR) is 124 cm³/mol. The number of aliphatic hydroxyl groups is 1. The first-order valence-corrected chi connectivity index (χ1v) is 11.7. The molecule has 10 nitrogen and oxygen atoms in total. The minimum Gasteiger partial charge on any atom is -0.458 e. The summed E-state index contributed by atoms with van der Waals surface area (Å²) in [5, 5.41) is 16.5. The van der Waals surface area contributed by atoms with Crippen molar-refractivity contribution in [3.63, 3.8) is 0 Å². The zero-order valence-corrected chi connectivity index (χ0v) is 19.4. The lowest BCUT2D eigenvalue weighted by Crippen LogP contribution is -2.44. The number of benzene rings is 1. The normalized spacial score (nSPS) is 19.1. The summed E-state index contributed by atoms with van der Waals surface area (Å²) in [6.45, 7) is 2.41. The maximum Gasteiger partial charge on any atom is 0.343 e. The zero-order valence-electron chi connectivity index (χ0n) is 19.4. The van der Waals surface area contributed by atoms with Crippen LogP contribution in [-0.2, 0) is 34.8 Å². The minimum absolute atomic E-state index is 0.0881. The van der Waals surface area contributed by atoms with Gasteiger partial charge in [0.2, 0.25) is 13.3 Å². The fourth-order valence-electron chi connectivity index (χ4n) is 5.35. The van der Waals surface area contributed by atoms with E-state index in [2.05, 4.69) is 5.10 Å². The Kier molecular flexibility index (Phi) is 4.29. The fourth-order valence-corrected chi connectivity index (χ4v) is 5.35. The van der Waals surface area contributed by atoms with Crippen molar-refractivity contribution in [1.29, 1.82) is 0 Å². The Labute approximate surface area is 204 Å². The molecule has 3 aliphatic rings. The average Bonchev–Trinajstić information content (AvgIpc) is 3.50. The highest BCUT2D eigenvalue weighted by atomic mass is 16.7. The molecule has 0 saturated carbocycles. The summed E-state index contributed by atoms with van der Waals surface area (Å²) in [5.74, 6) is 0.505. The average molecular weight is 485 g/mol. The maximum absolute atomic E-state index is 13.6. The quantitative estimate of drug-likeness (QED) is 0.302. The molecule has 6 heterocycles. The van der Waals surface area contributed by atoms with Crippen LogP contribution in [0.5, 0.6) is 11.5 Å². The number of hydrogen-bond donors (Lipinski definition) is 1. The summed E-state index contributed by atoms with van der Waals surface area (Å²) < 4.78 is 19.8. The van der Waals surface area contributed by atoms with Crippen LogP contribution in [0.15, 0.2) is 47.5 Å². The van der Waals surface area contributed by atoms with Crippen molar-refractivity contribution in [3.8, 4) is 22.9 Å². The highest BCUT2D eigenvalue weighted by Gasteiger charge is 2.45. The highest BCUT2D eigenvalue weighted by molar-refractivity contribution is 5.91. The fraction of sp³-hybridized carbons (Fsp3) is 0.269. The summed E-state index contributed by atoms with van der Waals surface area (Å²) in [5.41, 5.74) is 2.12. The van der Waals surface area contributed by atoms with Crippen LogP contribution in [0.2, 0.25) is 0 Å². The topological polar surface area (TPSA) is 117 Å². The number of esters is 1. The Morgan fingerprint density at radius 2 is 1.94 bits per heavy atom. The molecule has 36 heavy (non-hydrogen) atoms. The van der Waals surface area contributed by atoms with Crippen molar-refractivity contribution < 1.29 is 28.8 Å². The van der Waals surface area contributed by atoms with E-state index in [-0.39, 0.29) is 25.4 Å². The van der Waals surface area contributed by atoms with E-state index in [9.17, 15) is 14.7 Å². The number of ether oxygens (including phenoxy) is 3. The van der Waals surface area contributed by atoms with Crippen molar-refractivity contribution >= 4 is 16.9 Å². The minimum atomic E-state index is -1.87. The summed E-state index contributed by atoms with van der Waals surface area (Å²) >= 11 is 0. The van der Waals surface area contributed by atoms with E-state index in [0.717, 1.165) is 16.5 Å². The molecule has 0 bridgehead atoms. The number of hydrogen-bond acceptors (Lipinski definition) is 8. The van der Waals surface area contributed by atoms with Gasteiger partial charge < -0.3 is 23.9 Å². The molecule has 0 unspecified atom stereocenters. The Balaban J connectivity index is 1.51. The number of rotatable bonds is 3. The molecule has 1 N–H and O–H groups in total. The van der Waals surface area contributed by atoms with Crippen molar-refractivity contribution in [2.45, 2.75) is 38.6 Å². The van der Waals surface area contributed by atoms with Gasteiger partial charge in [-0.15, -0.1) is 0 Å². The Morgan fingerprint density at radius 3 is 2.72 bits per heavy atom. The third-order valence-corrected chi connectivity index (χ3v) is 7.29. The number of carbonyl (C=O) groups is 1. The maximum atomic E-state index is 13.6. The van der Waals surface area contributed by atoms with Gasteiger partial charge in [-0.05, 0) is 29.7 Å². The van der Waals surface area contributed by atoms with Gasteiger partial charge in [-0.1, -0.05) is 11.6 Å². The van der Waals surface area contributed by atoms with E-state index in [1.54, 1.807) is 23.8 Å². The lowest BCUT2D eigenvalue weighted by Gasteiger charge is -2.31. The van der Waals surface area contributed by atoms with Gasteiger partial charge in [0.15, 0.2) is 23.3 Å². The lowest BCUT2D eigenvalue weighted by molar-refractivity contribution is -0.746. The molecule has 3 aliphatic heterocycles. The van der Waals surface area contributed by atoms with Gasteiger partial charge in [-0.2, -0.15) is 0 Å². The zero-order chi connectivity index (χ0) is 24.6. The number of pyridine rings is 2. The molecular weight excluding hydrogens is 464 g/mol. The SMILES string of the molecule is CC[C@@]1(O)C(=O)OCc2c1cc1n(c2=O)Cc2c-1nc1cc3c(cc1c2C[n+]1ccccn1)OCO3. The summed E-state index contributed by atoms with van der Waals surface area (Å²) in [7, 11) is 0. The molecule has 4 aromatic rings. The summed E-state index contributed by atoms with van der Waals surface area (Å²) in [4.78, 5) is 31.0. The molecule has 1 atom stereocenters. The van der Waals surface area contributed by atoms with Crippen LogP contribution in [-0.4, -0.2) is 32.5 Å². The molecule has 7 rings (SSSR count). The Hall–Kier alpha value is -4.31. The Bertz CT molecular complexity index is 1670. The van der Waals surface area contributed by atoms with Crippen LogP contribution in [0, 0.1) is 0 Å². The van der Waals surface area contributed by atoms with E-state index in [1.165, 1.54) is 0 Å². The van der Waals surface area contributed by atoms with Gasteiger partial charge in [0, 0.05) is 34.2 Å². The molecule has 0 amide bonds. The van der Waals surface area contributed by atoms with Crippen molar-refractivity contribution in [1.82, 2.24) is 14.6 Å². The second-order valence-corrected chi connectivity index (χ2v) is 9.14. The van der Waals surface area contributed by atoms with Crippen LogP contribution in [0.4, 0.5) is 0 Å². The molecule has 0 radical (unpaired) electrons. The molecule has 180 valence electrons. The van der Waals surface area contributed by atoms with Crippen molar-refractivity contribution in [2.24, 2.45) is 0 Å². The van der Waals surface area contributed by atoms with Gasteiger partial charge in [0.25, 0.3) is 5.56 Å². The second kappa shape index (κ2) is 7.34. The third kappa shape index (κ3) is 2.78. The van der Waals surface area contributed by atoms with Crippen LogP contribution in [0.3, 0.4) is 0 Å². The standard InChI is InChI=1S/C26H21N4O6/c1-2-26(33)18-8-20-23-16(11-30(20)24(31)17(18)12-34-25(26)32)15(10-29-6-4-3-5-27-29)14-7-21-22(36-13-35-21)9-19(14)28-23/h3-9,33H,2,10-13H2,1H3/q+1/t26-/m0/s1. The first-order chi connectivity index (χ1) is 17.5. The molecule has 10 heteroatoms. The first-order valence-electron chi connectivity index (χ1n) is 11.7. The number of cyclic esters (lactones) is 1. The van der Waals surface area contributed by atoms with Gasteiger partial charge >= 0.3 is 5.97 Å². The van der Waals surface area contributed by atoms with Crippen molar-refractivity contribution in [3.05, 3.63) is 75.3 Å². The molecular formula is C26H21N4O6+. The molecule has 0 fully saturated rings. The molecule has 0 aliphatic carbocycles. The number of nitrogens with zero attached hydrogens (tertiary/aromatic N) is 4. The van der Waals surface area contributed by atoms with Crippen molar-refractivity contribution in [2.75, 3.05) is 6.79 Å². The van der Waals surface area contributed by atoms with Gasteiger partial charge in [0.1, 0.15) is 6.61 Å². The molecule has 3 aromatic heterocycles. The van der Waals surface area contributed by atoms with Gasteiger partial charge in [-0.3, -0.25) is 4.79 Å². The highest BCUT2D eigenvalue weighted by Crippen LogP contribution is 2.43. The number of carbonyl (C=O) groups excluding carboxylic acids is 1. The van der Waals surface area contributed by atoms with Crippen LogP contribution in [0.1, 0.15) is 35.6 Å². The first kappa shape index (κ1) is 21.0. The van der Waals surface area contributed by atoms with E-state index in [1.807, 2.05) is 35.1 Å². The smallest absolute Gasteiger partial charge is 0.343 e.